The minimum absolute atomic E-state index is 0.976. The summed E-state index contributed by atoms with van der Waals surface area (Å²) in [5, 5.41) is 0. The van der Waals surface area contributed by atoms with Crippen molar-refractivity contribution in [1.29, 1.82) is 0 Å². The molecule has 2 heterocycles. The summed E-state index contributed by atoms with van der Waals surface area (Å²) in [6.45, 7) is 9.63. The number of rotatable bonds is 0. The molecule has 0 aromatic heterocycles. The van der Waals surface area contributed by atoms with E-state index in [1.165, 1.54) is 43.8 Å². The Morgan fingerprint density at radius 1 is 1.00 bits per heavy atom. The van der Waals surface area contributed by atoms with Crippen LogP contribution >= 0.6 is 0 Å². The average Bonchev–Trinajstić information content (AvgIpc) is 2.13. The molecular weight excluding hydrogens is 152 g/mol. The standard InChI is InChI=1S/C9H19N2O/c1-10-2-4-11(5-3-10)6-8-12-9-7-11/h2-9H2,1H3/q+1. The fourth-order valence-corrected chi connectivity index (χ4v) is 2.17. The van der Waals surface area contributed by atoms with Gasteiger partial charge in [0.15, 0.2) is 0 Å². The Morgan fingerprint density at radius 3 is 2.17 bits per heavy atom. The third-order valence-electron chi connectivity index (χ3n) is 3.33. The van der Waals surface area contributed by atoms with Crippen molar-refractivity contribution in [1.82, 2.24) is 4.90 Å². The SMILES string of the molecule is CN1CC[N+]2(CCOCC2)CC1. The smallest absolute Gasteiger partial charge is 0.103 e. The molecule has 1 spiro atoms. The first-order chi connectivity index (χ1) is 5.81. The highest BCUT2D eigenvalue weighted by molar-refractivity contribution is 4.61. The van der Waals surface area contributed by atoms with E-state index < -0.39 is 0 Å². The topological polar surface area (TPSA) is 12.5 Å². The lowest BCUT2D eigenvalue weighted by Crippen LogP contribution is -2.62. The average molecular weight is 171 g/mol. The van der Waals surface area contributed by atoms with Gasteiger partial charge in [-0.1, -0.05) is 0 Å². The molecule has 0 unspecified atom stereocenters. The Hall–Kier alpha value is -0.120. The molecule has 0 amide bonds. The molecule has 3 nitrogen and oxygen atoms in total. The summed E-state index contributed by atoms with van der Waals surface area (Å²) in [7, 11) is 2.22. The van der Waals surface area contributed by atoms with Crippen molar-refractivity contribution in [3.8, 4) is 0 Å². The van der Waals surface area contributed by atoms with Gasteiger partial charge in [-0.05, 0) is 7.05 Å². The second-order valence-corrected chi connectivity index (χ2v) is 4.15. The molecule has 2 saturated heterocycles. The first-order valence-corrected chi connectivity index (χ1v) is 4.92. The van der Waals surface area contributed by atoms with Crippen LogP contribution in [0.5, 0.6) is 0 Å². The second-order valence-electron chi connectivity index (χ2n) is 4.15. The van der Waals surface area contributed by atoms with Crippen molar-refractivity contribution in [2.45, 2.75) is 0 Å². The maximum absolute atomic E-state index is 5.39. The van der Waals surface area contributed by atoms with E-state index in [0.29, 0.717) is 0 Å². The highest BCUT2D eigenvalue weighted by Gasteiger charge is 2.33. The van der Waals surface area contributed by atoms with Crippen LogP contribution in [-0.2, 0) is 4.74 Å². The third-order valence-corrected chi connectivity index (χ3v) is 3.33. The molecule has 0 N–H and O–H groups in total. The Kier molecular flexibility index (Phi) is 2.35. The summed E-state index contributed by atoms with van der Waals surface area (Å²) in [6.07, 6.45) is 0. The zero-order chi connectivity index (χ0) is 8.44. The van der Waals surface area contributed by atoms with Crippen LogP contribution in [0.3, 0.4) is 0 Å². The minimum Gasteiger partial charge on any atom is -0.370 e. The number of hydrogen-bond donors (Lipinski definition) is 0. The maximum atomic E-state index is 5.39. The fourth-order valence-electron chi connectivity index (χ4n) is 2.17. The lowest BCUT2D eigenvalue weighted by Gasteiger charge is -2.45. The predicted molar refractivity (Wildman–Crippen MR) is 48.0 cm³/mol. The van der Waals surface area contributed by atoms with E-state index in [2.05, 4.69) is 11.9 Å². The van der Waals surface area contributed by atoms with Gasteiger partial charge in [0.25, 0.3) is 0 Å². The summed E-state index contributed by atoms with van der Waals surface area (Å²) in [6, 6.07) is 0. The number of ether oxygens (including phenoxy) is 1. The van der Waals surface area contributed by atoms with Crippen molar-refractivity contribution in [2.75, 3.05) is 59.5 Å². The molecular formula is C9H19N2O+. The molecule has 0 atom stereocenters. The molecule has 0 aromatic carbocycles. The molecule has 2 rings (SSSR count). The highest BCUT2D eigenvalue weighted by atomic mass is 16.5. The van der Waals surface area contributed by atoms with E-state index in [1.54, 1.807) is 0 Å². The van der Waals surface area contributed by atoms with E-state index in [0.717, 1.165) is 13.2 Å². The summed E-state index contributed by atoms with van der Waals surface area (Å²) in [5.41, 5.74) is 0. The van der Waals surface area contributed by atoms with Gasteiger partial charge in [-0.3, -0.25) is 4.90 Å². The lowest BCUT2D eigenvalue weighted by atomic mass is 10.2. The van der Waals surface area contributed by atoms with E-state index in [9.17, 15) is 0 Å². The molecule has 3 heteroatoms. The van der Waals surface area contributed by atoms with Crippen LogP contribution in [0.4, 0.5) is 0 Å². The molecule has 2 fully saturated rings. The van der Waals surface area contributed by atoms with Gasteiger partial charge in [0, 0.05) is 13.1 Å². The van der Waals surface area contributed by atoms with Gasteiger partial charge in [0.05, 0.1) is 26.3 Å². The first-order valence-electron chi connectivity index (χ1n) is 4.92. The fraction of sp³-hybridized carbons (Fsp3) is 1.00. The van der Waals surface area contributed by atoms with Crippen molar-refractivity contribution in [3.05, 3.63) is 0 Å². The minimum atomic E-state index is 0.976. The number of quaternary nitrogens is 1. The van der Waals surface area contributed by atoms with Crippen molar-refractivity contribution in [3.63, 3.8) is 0 Å². The zero-order valence-corrected chi connectivity index (χ0v) is 7.96. The van der Waals surface area contributed by atoms with Crippen molar-refractivity contribution < 1.29 is 9.22 Å². The number of morpholine rings is 1. The largest absolute Gasteiger partial charge is 0.370 e. The Balaban J connectivity index is 1.92. The molecule has 0 radical (unpaired) electrons. The van der Waals surface area contributed by atoms with Crippen LogP contribution < -0.4 is 0 Å². The molecule has 0 bridgehead atoms. The van der Waals surface area contributed by atoms with Crippen LogP contribution in [0, 0.1) is 0 Å². The van der Waals surface area contributed by atoms with E-state index in [1.807, 2.05) is 0 Å². The third kappa shape index (κ3) is 1.63. The van der Waals surface area contributed by atoms with Crippen LogP contribution in [0.2, 0.25) is 0 Å². The molecule has 12 heavy (non-hydrogen) atoms. The Morgan fingerprint density at radius 2 is 1.58 bits per heavy atom. The monoisotopic (exact) mass is 171 g/mol. The van der Waals surface area contributed by atoms with Crippen molar-refractivity contribution in [2.24, 2.45) is 0 Å². The van der Waals surface area contributed by atoms with Gasteiger partial charge < -0.3 is 9.22 Å². The van der Waals surface area contributed by atoms with Crippen LogP contribution in [0.25, 0.3) is 0 Å². The molecule has 70 valence electrons. The molecule has 2 aliphatic rings. The van der Waals surface area contributed by atoms with Gasteiger partial charge in [0.1, 0.15) is 13.1 Å². The Labute approximate surface area is 74.5 Å². The highest BCUT2D eigenvalue weighted by Crippen LogP contribution is 2.14. The van der Waals surface area contributed by atoms with Crippen LogP contribution in [-0.4, -0.2) is 68.9 Å². The lowest BCUT2D eigenvalue weighted by molar-refractivity contribution is -0.938. The van der Waals surface area contributed by atoms with Gasteiger partial charge in [0.2, 0.25) is 0 Å². The zero-order valence-electron chi connectivity index (χ0n) is 7.96. The van der Waals surface area contributed by atoms with E-state index in [-0.39, 0.29) is 0 Å². The predicted octanol–water partition coefficient (Wildman–Crippen LogP) is -0.221. The van der Waals surface area contributed by atoms with Crippen LogP contribution in [0.1, 0.15) is 0 Å². The van der Waals surface area contributed by atoms with E-state index in [4.69, 9.17) is 4.74 Å². The molecule has 2 aliphatic heterocycles. The normalized spacial score (nSPS) is 30.8. The summed E-state index contributed by atoms with van der Waals surface area (Å²) in [5.74, 6) is 0. The van der Waals surface area contributed by atoms with Gasteiger partial charge in [-0.25, -0.2) is 0 Å². The number of likely N-dealkylation sites (N-methyl/N-ethyl adjacent to an activating group) is 1. The second kappa shape index (κ2) is 3.32. The van der Waals surface area contributed by atoms with Gasteiger partial charge in [-0.2, -0.15) is 0 Å². The quantitative estimate of drug-likeness (QED) is 0.467. The first kappa shape index (κ1) is 8.48. The molecule has 0 aliphatic carbocycles. The molecule has 0 aromatic rings. The van der Waals surface area contributed by atoms with Crippen molar-refractivity contribution >= 4 is 0 Å². The van der Waals surface area contributed by atoms with Gasteiger partial charge >= 0.3 is 0 Å². The van der Waals surface area contributed by atoms with E-state index >= 15 is 0 Å². The number of hydrogen-bond acceptors (Lipinski definition) is 2. The maximum Gasteiger partial charge on any atom is 0.103 e. The molecule has 0 saturated carbocycles. The summed E-state index contributed by atoms with van der Waals surface area (Å²) in [4.78, 5) is 2.43. The number of nitrogens with zero attached hydrogens (tertiary/aromatic N) is 2. The van der Waals surface area contributed by atoms with Crippen LogP contribution in [0.15, 0.2) is 0 Å². The van der Waals surface area contributed by atoms with Gasteiger partial charge in [-0.15, -0.1) is 0 Å². The summed E-state index contributed by atoms with van der Waals surface area (Å²) >= 11 is 0. The Bertz CT molecular complexity index is 145. The number of piperazine rings is 1. The summed E-state index contributed by atoms with van der Waals surface area (Å²) < 4.78 is 6.72.